The summed E-state index contributed by atoms with van der Waals surface area (Å²) < 4.78 is 49.8. The van der Waals surface area contributed by atoms with E-state index in [2.05, 4.69) is 9.88 Å². The normalized spacial score (nSPS) is 14.4. The summed E-state index contributed by atoms with van der Waals surface area (Å²) in [6, 6.07) is 2.58. The first-order chi connectivity index (χ1) is 14.2. The van der Waals surface area contributed by atoms with Gasteiger partial charge in [-0.05, 0) is 18.6 Å². The van der Waals surface area contributed by atoms with E-state index in [1.54, 1.807) is 0 Å². The van der Waals surface area contributed by atoms with Gasteiger partial charge in [-0.1, -0.05) is 6.92 Å². The molecule has 0 unspecified atom stereocenters. The second-order valence-corrected chi connectivity index (χ2v) is 7.26. The van der Waals surface area contributed by atoms with Crippen LogP contribution in [-0.2, 0) is 14.2 Å². The Morgan fingerprint density at radius 2 is 1.79 bits per heavy atom. The van der Waals surface area contributed by atoms with Crippen LogP contribution >= 0.6 is 11.3 Å². The van der Waals surface area contributed by atoms with Crippen LogP contribution < -0.4 is 9.64 Å². The fraction of sp³-hybridized carbons (Fsp3) is 0.550. The molecule has 1 aromatic carbocycles. The summed E-state index contributed by atoms with van der Waals surface area (Å²) in [5.74, 6) is -2.12. The Bertz CT molecular complexity index is 769. The molecule has 0 spiro atoms. The highest BCUT2D eigenvalue weighted by molar-refractivity contribution is 7.14. The highest BCUT2D eigenvalue weighted by Crippen LogP contribution is 2.36. The van der Waals surface area contributed by atoms with Crippen molar-refractivity contribution < 1.29 is 27.7 Å². The molecule has 3 rings (SSSR count). The number of nitrogens with zero attached hydrogens (tertiary/aromatic N) is 2. The van der Waals surface area contributed by atoms with Gasteiger partial charge in [0.2, 0.25) is 5.82 Å². The number of thiazole rings is 1. The predicted molar refractivity (Wildman–Crippen MR) is 108 cm³/mol. The lowest BCUT2D eigenvalue weighted by Crippen LogP contribution is -2.36. The zero-order valence-corrected chi connectivity index (χ0v) is 17.3. The molecule has 0 aliphatic carbocycles. The number of anilines is 1. The van der Waals surface area contributed by atoms with Crippen molar-refractivity contribution in [2.45, 2.75) is 13.3 Å². The maximum atomic E-state index is 14.4. The molecule has 0 N–H and O–H groups in total. The number of morpholine rings is 1. The quantitative estimate of drug-likeness (QED) is 0.508. The van der Waals surface area contributed by atoms with Crippen LogP contribution in [0.1, 0.15) is 13.3 Å². The molecule has 9 heteroatoms. The van der Waals surface area contributed by atoms with Gasteiger partial charge in [0.25, 0.3) is 0 Å². The van der Waals surface area contributed by atoms with Crippen molar-refractivity contribution in [3.05, 3.63) is 29.1 Å². The van der Waals surface area contributed by atoms with E-state index in [4.69, 9.17) is 18.9 Å². The van der Waals surface area contributed by atoms with E-state index >= 15 is 0 Å². The smallest absolute Gasteiger partial charge is 0.201 e. The minimum Gasteiger partial charge on any atom is -0.487 e. The van der Waals surface area contributed by atoms with Crippen LogP contribution in [0.25, 0.3) is 11.3 Å². The standard InChI is InChI=1S/C20H26F2N2O4S/c1-2-7-25-10-11-27-12-13-28-19-15(3-4-16(21)18(19)22)17-14-29-20(23-17)24-5-8-26-9-6-24/h3-4,14H,2,5-13H2,1H3. The molecule has 2 aromatic rings. The second-order valence-electron chi connectivity index (χ2n) is 6.43. The average molecular weight is 429 g/mol. The lowest BCUT2D eigenvalue weighted by molar-refractivity contribution is 0.0361. The molecule has 0 saturated carbocycles. The summed E-state index contributed by atoms with van der Waals surface area (Å²) in [5, 5.41) is 2.65. The molecule has 2 heterocycles. The van der Waals surface area contributed by atoms with Crippen LogP contribution in [0.3, 0.4) is 0 Å². The largest absolute Gasteiger partial charge is 0.487 e. The van der Waals surface area contributed by atoms with Crippen LogP contribution in [0, 0.1) is 11.6 Å². The van der Waals surface area contributed by atoms with Crippen molar-refractivity contribution in [3.8, 4) is 17.0 Å². The summed E-state index contributed by atoms with van der Waals surface area (Å²) in [6.07, 6.45) is 0.953. The SMILES string of the molecule is CCCOCCOCCOc1c(-c2csc(N3CCOCC3)n2)ccc(F)c1F. The fourth-order valence-electron chi connectivity index (χ4n) is 2.83. The Balaban J connectivity index is 1.62. The summed E-state index contributed by atoms with van der Waals surface area (Å²) in [5.41, 5.74) is 0.977. The van der Waals surface area contributed by atoms with E-state index in [1.807, 2.05) is 12.3 Å². The van der Waals surface area contributed by atoms with Crippen LogP contribution in [-0.4, -0.2) is 64.3 Å². The molecule has 0 radical (unpaired) electrons. The zero-order valence-electron chi connectivity index (χ0n) is 16.5. The maximum Gasteiger partial charge on any atom is 0.201 e. The van der Waals surface area contributed by atoms with E-state index in [9.17, 15) is 8.78 Å². The molecule has 1 saturated heterocycles. The molecule has 1 aliphatic rings. The Labute approximate surface area is 173 Å². The third-order valence-electron chi connectivity index (χ3n) is 4.29. The zero-order chi connectivity index (χ0) is 20.5. The Kier molecular flexibility index (Phi) is 8.60. The first-order valence-electron chi connectivity index (χ1n) is 9.75. The van der Waals surface area contributed by atoms with E-state index in [-0.39, 0.29) is 19.0 Å². The van der Waals surface area contributed by atoms with Crippen LogP contribution in [0.2, 0.25) is 0 Å². The van der Waals surface area contributed by atoms with Crippen molar-refractivity contribution in [2.75, 3.05) is 64.2 Å². The Morgan fingerprint density at radius 1 is 1.07 bits per heavy atom. The number of hydrogen-bond donors (Lipinski definition) is 0. The third kappa shape index (κ3) is 6.08. The average Bonchev–Trinajstić information content (AvgIpc) is 3.23. The number of halogens is 2. The molecular weight excluding hydrogens is 402 g/mol. The van der Waals surface area contributed by atoms with Crippen molar-refractivity contribution >= 4 is 16.5 Å². The van der Waals surface area contributed by atoms with Gasteiger partial charge in [0.05, 0.1) is 38.7 Å². The molecule has 160 valence electrons. The van der Waals surface area contributed by atoms with E-state index in [0.29, 0.717) is 44.3 Å². The van der Waals surface area contributed by atoms with E-state index in [0.717, 1.165) is 30.7 Å². The molecule has 1 aliphatic heterocycles. The molecule has 6 nitrogen and oxygen atoms in total. The van der Waals surface area contributed by atoms with Gasteiger partial charge in [0.15, 0.2) is 16.7 Å². The molecule has 29 heavy (non-hydrogen) atoms. The number of aromatic nitrogens is 1. The van der Waals surface area contributed by atoms with Gasteiger partial charge in [-0.3, -0.25) is 0 Å². The van der Waals surface area contributed by atoms with Gasteiger partial charge < -0.3 is 23.8 Å². The Hall–Kier alpha value is -1.81. The van der Waals surface area contributed by atoms with Gasteiger partial charge >= 0.3 is 0 Å². The number of rotatable bonds is 11. The van der Waals surface area contributed by atoms with Crippen LogP contribution in [0.4, 0.5) is 13.9 Å². The van der Waals surface area contributed by atoms with Gasteiger partial charge in [-0.15, -0.1) is 11.3 Å². The first kappa shape index (κ1) is 21.9. The Morgan fingerprint density at radius 3 is 2.55 bits per heavy atom. The van der Waals surface area contributed by atoms with E-state index in [1.165, 1.54) is 17.4 Å². The van der Waals surface area contributed by atoms with Crippen molar-refractivity contribution in [2.24, 2.45) is 0 Å². The summed E-state index contributed by atoms with van der Waals surface area (Å²) in [7, 11) is 0. The lowest BCUT2D eigenvalue weighted by atomic mass is 10.1. The minimum atomic E-state index is -1.02. The number of benzene rings is 1. The predicted octanol–water partition coefficient (Wildman–Crippen LogP) is 3.75. The van der Waals surface area contributed by atoms with Crippen LogP contribution in [0.15, 0.2) is 17.5 Å². The van der Waals surface area contributed by atoms with Gasteiger partial charge in [-0.2, -0.15) is 4.39 Å². The first-order valence-corrected chi connectivity index (χ1v) is 10.6. The molecule has 1 aromatic heterocycles. The molecule has 0 amide bonds. The molecule has 0 bridgehead atoms. The van der Waals surface area contributed by atoms with Crippen molar-refractivity contribution in [1.29, 1.82) is 0 Å². The number of ether oxygens (including phenoxy) is 4. The minimum absolute atomic E-state index is 0.0988. The van der Waals surface area contributed by atoms with Crippen LogP contribution in [0.5, 0.6) is 5.75 Å². The third-order valence-corrected chi connectivity index (χ3v) is 5.20. The van der Waals surface area contributed by atoms with Crippen molar-refractivity contribution in [1.82, 2.24) is 4.98 Å². The monoisotopic (exact) mass is 428 g/mol. The summed E-state index contributed by atoms with van der Waals surface area (Å²) in [6.45, 7) is 6.82. The summed E-state index contributed by atoms with van der Waals surface area (Å²) >= 11 is 1.46. The highest BCUT2D eigenvalue weighted by atomic mass is 32.1. The van der Waals surface area contributed by atoms with Gasteiger partial charge in [0.1, 0.15) is 6.61 Å². The maximum absolute atomic E-state index is 14.4. The molecule has 1 fully saturated rings. The topological polar surface area (TPSA) is 53.0 Å². The van der Waals surface area contributed by atoms with Gasteiger partial charge in [0, 0.05) is 30.6 Å². The van der Waals surface area contributed by atoms with Crippen molar-refractivity contribution in [3.63, 3.8) is 0 Å². The highest BCUT2D eigenvalue weighted by Gasteiger charge is 2.20. The van der Waals surface area contributed by atoms with E-state index < -0.39 is 11.6 Å². The second kappa shape index (κ2) is 11.4. The lowest BCUT2D eigenvalue weighted by Gasteiger charge is -2.26. The van der Waals surface area contributed by atoms with Gasteiger partial charge in [-0.25, -0.2) is 9.37 Å². The molecule has 0 atom stereocenters. The summed E-state index contributed by atoms with van der Waals surface area (Å²) in [4.78, 5) is 6.71. The number of hydrogen-bond acceptors (Lipinski definition) is 7. The fourth-order valence-corrected chi connectivity index (χ4v) is 3.71. The molecular formula is C20H26F2N2O4S.